The second-order valence-electron chi connectivity index (χ2n) is 5.60. The maximum absolute atomic E-state index is 12.1. The summed E-state index contributed by atoms with van der Waals surface area (Å²) in [5.74, 6) is -0.0708. The summed E-state index contributed by atoms with van der Waals surface area (Å²) in [7, 11) is 0. The molecule has 0 atom stereocenters. The second-order valence-corrected chi connectivity index (χ2v) is 5.60. The SMILES string of the molecule is CCCCCNC(=O)c1cncc(Nc2ccc(CC)cc2)c1. The highest BCUT2D eigenvalue weighted by Crippen LogP contribution is 2.17. The molecule has 0 unspecified atom stereocenters. The number of aromatic nitrogens is 1. The number of rotatable bonds is 8. The van der Waals surface area contributed by atoms with E-state index in [0.29, 0.717) is 12.1 Å². The standard InChI is InChI=1S/C19H25N3O/c1-3-5-6-11-21-19(23)16-12-18(14-20-13-16)22-17-9-7-15(4-2)8-10-17/h7-10,12-14,22H,3-6,11H2,1-2H3,(H,21,23). The number of anilines is 2. The minimum absolute atomic E-state index is 0.0708. The molecule has 4 nitrogen and oxygen atoms in total. The van der Waals surface area contributed by atoms with Crippen LogP contribution in [0.2, 0.25) is 0 Å². The smallest absolute Gasteiger partial charge is 0.252 e. The predicted octanol–water partition coefficient (Wildman–Crippen LogP) is 4.31. The first-order valence-electron chi connectivity index (χ1n) is 8.32. The van der Waals surface area contributed by atoms with Crippen LogP contribution in [0, 0.1) is 0 Å². The fraction of sp³-hybridized carbons (Fsp3) is 0.368. The molecule has 0 aliphatic carbocycles. The van der Waals surface area contributed by atoms with Crippen molar-refractivity contribution in [3.05, 3.63) is 53.9 Å². The average Bonchev–Trinajstić information content (AvgIpc) is 2.59. The van der Waals surface area contributed by atoms with E-state index < -0.39 is 0 Å². The Morgan fingerprint density at radius 1 is 1.04 bits per heavy atom. The third kappa shape index (κ3) is 5.40. The molecule has 0 spiro atoms. The first-order valence-corrected chi connectivity index (χ1v) is 8.32. The predicted molar refractivity (Wildman–Crippen MR) is 95.2 cm³/mol. The van der Waals surface area contributed by atoms with E-state index in [1.165, 1.54) is 5.56 Å². The number of pyridine rings is 1. The molecule has 122 valence electrons. The van der Waals surface area contributed by atoms with Crippen LogP contribution < -0.4 is 10.6 Å². The van der Waals surface area contributed by atoms with Crippen LogP contribution in [0.1, 0.15) is 49.0 Å². The van der Waals surface area contributed by atoms with E-state index in [1.54, 1.807) is 12.4 Å². The van der Waals surface area contributed by atoms with Gasteiger partial charge in [0.05, 0.1) is 17.4 Å². The van der Waals surface area contributed by atoms with Crippen LogP contribution in [0.4, 0.5) is 11.4 Å². The lowest BCUT2D eigenvalue weighted by atomic mass is 10.1. The van der Waals surface area contributed by atoms with Gasteiger partial charge in [-0.15, -0.1) is 0 Å². The van der Waals surface area contributed by atoms with Crippen molar-refractivity contribution in [3.63, 3.8) is 0 Å². The Morgan fingerprint density at radius 2 is 1.83 bits per heavy atom. The van der Waals surface area contributed by atoms with Crippen LogP contribution in [-0.4, -0.2) is 17.4 Å². The molecule has 2 rings (SSSR count). The number of amides is 1. The number of nitrogens with zero attached hydrogens (tertiary/aromatic N) is 1. The van der Waals surface area contributed by atoms with Crippen molar-refractivity contribution in [1.82, 2.24) is 10.3 Å². The molecular formula is C19H25N3O. The van der Waals surface area contributed by atoms with Crippen LogP contribution in [0.15, 0.2) is 42.7 Å². The highest BCUT2D eigenvalue weighted by Gasteiger charge is 2.06. The molecule has 2 aromatic rings. The van der Waals surface area contributed by atoms with E-state index in [2.05, 4.69) is 41.6 Å². The topological polar surface area (TPSA) is 54.0 Å². The number of nitrogens with one attached hydrogen (secondary N) is 2. The van der Waals surface area contributed by atoms with Crippen molar-refractivity contribution in [2.24, 2.45) is 0 Å². The maximum atomic E-state index is 12.1. The minimum atomic E-state index is -0.0708. The maximum Gasteiger partial charge on any atom is 0.252 e. The Hall–Kier alpha value is -2.36. The number of hydrogen-bond donors (Lipinski definition) is 2. The van der Waals surface area contributed by atoms with E-state index in [0.717, 1.165) is 37.1 Å². The molecule has 1 aromatic heterocycles. The van der Waals surface area contributed by atoms with Crippen molar-refractivity contribution in [2.75, 3.05) is 11.9 Å². The summed E-state index contributed by atoms with van der Waals surface area (Å²) in [6, 6.07) is 10.1. The van der Waals surface area contributed by atoms with Crippen LogP contribution in [0.3, 0.4) is 0 Å². The van der Waals surface area contributed by atoms with Crippen LogP contribution in [-0.2, 0) is 6.42 Å². The first kappa shape index (κ1) is 17.0. The van der Waals surface area contributed by atoms with Gasteiger partial charge in [0.1, 0.15) is 0 Å². The number of hydrogen-bond acceptors (Lipinski definition) is 3. The zero-order valence-electron chi connectivity index (χ0n) is 13.9. The fourth-order valence-electron chi connectivity index (χ4n) is 2.30. The van der Waals surface area contributed by atoms with Gasteiger partial charge in [-0.1, -0.05) is 38.8 Å². The molecule has 0 aliphatic heterocycles. The summed E-state index contributed by atoms with van der Waals surface area (Å²) in [5.41, 5.74) is 3.69. The summed E-state index contributed by atoms with van der Waals surface area (Å²) in [6.07, 6.45) is 7.64. The third-order valence-electron chi connectivity index (χ3n) is 3.72. The highest BCUT2D eigenvalue weighted by atomic mass is 16.1. The van der Waals surface area contributed by atoms with Crippen LogP contribution in [0.5, 0.6) is 0 Å². The van der Waals surface area contributed by atoms with E-state index in [1.807, 2.05) is 18.2 Å². The average molecular weight is 311 g/mol. The Labute approximate surface area is 138 Å². The van der Waals surface area contributed by atoms with E-state index >= 15 is 0 Å². The largest absolute Gasteiger partial charge is 0.354 e. The van der Waals surface area contributed by atoms with Crippen molar-refractivity contribution in [2.45, 2.75) is 39.5 Å². The third-order valence-corrected chi connectivity index (χ3v) is 3.72. The molecule has 0 bridgehead atoms. The molecular weight excluding hydrogens is 286 g/mol. The van der Waals surface area contributed by atoms with E-state index in [9.17, 15) is 4.79 Å². The fourth-order valence-corrected chi connectivity index (χ4v) is 2.30. The molecule has 4 heteroatoms. The Balaban J connectivity index is 1.96. The molecule has 23 heavy (non-hydrogen) atoms. The lowest BCUT2D eigenvalue weighted by Gasteiger charge is -2.09. The molecule has 0 saturated heterocycles. The second kappa shape index (κ2) is 8.93. The van der Waals surface area contributed by atoms with Crippen molar-refractivity contribution >= 4 is 17.3 Å². The first-order chi connectivity index (χ1) is 11.2. The number of carbonyl (C=O) groups excluding carboxylic acids is 1. The summed E-state index contributed by atoms with van der Waals surface area (Å²) in [6.45, 7) is 4.99. The molecule has 0 saturated carbocycles. The van der Waals surface area contributed by atoms with E-state index in [4.69, 9.17) is 0 Å². The molecule has 0 radical (unpaired) electrons. The highest BCUT2D eigenvalue weighted by molar-refractivity contribution is 5.94. The van der Waals surface area contributed by atoms with Gasteiger partial charge >= 0.3 is 0 Å². The van der Waals surface area contributed by atoms with Crippen molar-refractivity contribution < 1.29 is 4.79 Å². The lowest BCUT2D eigenvalue weighted by molar-refractivity contribution is 0.0952. The Kier molecular flexibility index (Phi) is 6.60. The zero-order valence-corrected chi connectivity index (χ0v) is 13.9. The van der Waals surface area contributed by atoms with Gasteiger partial charge in [0.2, 0.25) is 0 Å². The van der Waals surface area contributed by atoms with Crippen LogP contribution in [0.25, 0.3) is 0 Å². The summed E-state index contributed by atoms with van der Waals surface area (Å²) >= 11 is 0. The van der Waals surface area contributed by atoms with Crippen molar-refractivity contribution in [1.29, 1.82) is 0 Å². The zero-order chi connectivity index (χ0) is 16.5. The minimum Gasteiger partial charge on any atom is -0.354 e. The molecule has 1 aromatic carbocycles. The molecule has 2 N–H and O–H groups in total. The van der Waals surface area contributed by atoms with Crippen molar-refractivity contribution in [3.8, 4) is 0 Å². The molecule has 0 aliphatic rings. The van der Waals surface area contributed by atoms with Gasteiger partial charge in [0, 0.05) is 18.4 Å². The van der Waals surface area contributed by atoms with E-state index in [-0.39, 0.29) is 5.91 Å². The normalized spacial score (nSPS) is 10.3. The number of carbonyl (C=O) groups is 1. The van der Waals surface area contributed by atoms with Gasteiger partial charge in [0.25, 0.3) is 5.91 Å². The van der Waals surface area contributed by atoms with Gasteiger partial charge in [-0.05, 0) is 36.6 Å². The van der Waals surface area contributed by atoms with Gasteiger partial charge in [-0.3, -0.25) is 9.78 Å². The Bertz CT molecular complexity index is 623. The molecule has 0 fully saturated rings. The van der Waals surface area contributed by atoms with Gasteiger partial charge < -0.3 is 10.6 Å². The molecule has 1 amide bonds. The van der Waals surface area contributed by atoms with Gasteiger partial charge in [0.15, 0.2) is 0 Å². The number of unbranched alkanes of at least 4 members (excludes halogenated alkanes) is 2. The van der Waals surface area contributed by atoms with Crippen LogP contribution >= 0.6 is 0 Å². The summed E-state index contributed by atoms with van der Waals surface area (Å²) in [4.78, 5) is 16.3. The number of benzene rings is 1. The van der Waals surface area contributed by atoms with Gasteiger partial charge in [-0.2, -0.15) is 0 Å². The van der Waals surface area contributed by atoms with Gasteiger partial charge in [-0.25, -0.2) is 0 Å². The Morgan fingerprint density at radius 3 is 2.52 bits per heavy atom. The lowest BCUT2D eigenvalue weighted by Crippen LogP contribution is -2.24. The number of aryl methyl sites for hydroxylation is 1. The molecule has 1 heterocycles. The monoisotopic (exact) mass is 311 g/mol. The summed E-state index contributed by atoms with van der Waals surface area (Å²) in [5, 5.41) is 6.22. The summed E-state index contributed by atoms with van der Waals surface area (Å²) < 4.78 is 0. The quantitative estimate of drug-likeness (QED) is 0.714.